The van der Waals surface area contributed by atoms with Crippen LogP contribution < -0.4 is 20.7 Å². The Morgan fingerprint density at radius 3 is 2.69 bits per heavy atom. The second-order valence-electron chi connectivity index (χ2n) is 5.83. The lowest BCUT2D eigenvalue weighted by atomic mass is 10.2. The van der Waals surface area contributed by atoms with Gasteiger partial charge >= 0.3 is 0 Å². The smallest absolute Gasteiger partial charge is 0.256 e. The van der Waals surface area contributed by atoms with Crippen molar-refractivity contribution in [3.05, 3.63) is 41.6 Å². The van der Waals surface area contributed by atoms with E-state index in [0.717, 1.165) is 35.9 Å². The average molecular weight is 373 g/mol. The van der Waals surface area contributed by atoms with Gasteiger partial charge in [0, 0.05) is 37.3 Å². The summed E-state index contributed by atoms with van der Waals surface area (Å²) in [7, 11) is 0. The fraction of sp³-hybridized carbons (Fsp3) is 0.389. The first-order valence-electron chi connectivity index (χ1n) is 8.62. The van der Waals surface area contributed by atoms with Crippen LogP contribution in [0.15, 0.2) is 30.5 Å². The van der Waals surface area contributed by atoms with Gasteiger partial charge in [-0.1, -0.05) is 12.1 Å². The Bertz CT molecular complexity index is 748. The van der Waals surface area contributed by atoms with Crippen molar-refractivity contribution < 1.29 is 9.53 Å². The molecule has 0 bridgehead atoms. The maximum atomic E-state index is 12.4. The van der Waals surface area contributed by atoms with Crippen LogP contribution in [0.2, 0.25) is 0 Å². The van der Waals surface area contributed by atoms with E-state index >= 15 is 0 Å². The first-order valence-corrected chi connectivity index (χ1v) is 9.78. The van der Waals surface area contributed by atoms with Crippen LogP contribution in [0.3, 0.4) is 0 Å². The largest absolute Gasteiger partial charge is 0.494 e. The number of thioether (sulfide) groups is 1. The second kappa shape index (κ2) is 8.75. The molecule has 2 aromatic rings. The molecule has 0 radical (unpaired) electrons. The summed E-state index contributed by atoms with van der Waals surface area (Å²) in [4.78, 5) is 23.1. The first kappa shape index (κ1) is 18.3. The quantitative estimate of drug-likeness (QED) is 0.799. The van der Waals surface area contributed by atoms with E-state index in [1.54, 1.807) is 0 Å². The lowest BCUT2D eigenvalue weighted by Crippen LogP contribution is -2.34. The second-order valence-corrected chi connectivity index (χ2v) is 7.05. The van der Waals surface area contributed by atoms with Crippen LogP contribution in [0.5, 0.6) is 5.75 Å². The summed E-state index contributed by atoms with van der Waals surface area (Å²) in [6.45, 7) is 4.76. The average Bonchev–Trinajstić information content (AvgIpc) is 2.68. The normalized spacial score (nSPS) is 14.1. The van der Waals surface area contributed by atoms with Crippen molar-refractivity contribution in [2.24, 2.45) is 0 Å². The van der Waals surface area contributed by atoms with Crippen LogP contribution in [0.4, 0.5) is 11.8 Å². The lowest BCUT2D eigenvalue weighted by molar-refractivity contribution is 0.0951. The number of anilines is 2. The number of amides is 1. The third-order valence-electron chi connectivity index (χ3n) is 4.03. The van der Waals surface area contributed by atoms with Crippen molar-refractivity contribution in [1.82, 2.24) is 15.3 Å². The summed E-state index contributed by atoms with van der Waals surface area (Å²) in [6, 6.07) is 7.60. The highest BCUT2D eigenvalue weighted by Gasteiger charge is 2.17. The lowest BCUT2D eigenvalue weighted by Gasteiger charge is -2.26. The summed E-state index contributed by atoms with van der Waals surface area (Å²) < 4.78 is 5.41. The Labute approximate surface area is 157 Å². The number of carbonyl (C=O) groups is 1. The zero-order valence-electron chi connectivity index (χ0n) is 14.8. The number of hydrogen-bond donors (Lipinski definition) is 2. The number of rotatable bonds is 6. The van der Waals surface area contributed by atoms with E-state index in [4.69, 9.17) is 10.5 Å². The number of nitrogens with two attached hydrogens (primary N) is 1. The Morgan fingerprint density at radius 1 is 1.31 bits per heavy atom. The molecule has 138 valence electrons. The van der Waals surface area contributed by atoms with E-state index in [0.29, 0.717) is 24.7 Å². The predicted molar refractivity (Wildman–Crippen MR) is 105 cm³/mol. The van der Waals surface area contributed by atoms with E-state index in [1.807, 2.05) is 43.0 Å². The summed E-state index contributed by atoms with van der Waals surface area (Å²) in [5.74, 6) is 3.42. The van der Waals surface area contributed by atoms with Crippen molar-refractivity contribution in [3.8, 4) is 5.75 Å². The third kappa shape index (κ3) is 4.57. The minimum atomic E-state index is -0.280. The fourth-order valence-corrected chi connectivity index (χ4v) is 3.53. The summed E-state index contributed by atoms with van der Waals surface area (Å²) in [5.41, 5.74) is 7.26. The molecule has 0 saturated carbocycles. The fourth-order valence-electron chi connectivity index (χ4n) is 2.62. The predicted octanol–water partition coefficient (Wildman–Crippen LogP) is 1.94. The van der Waals surface area contributed by atoms with E-state index in [-0.39, 0.29) is 11.7 Å². The molecule has 0 atom stereocenters. The topological polar surface area (TPSA) is 93.4 Å². The molecule has 26 heavy (non-hydrogen) atoms. The number of aromatic nitrogens is 2. The van der Waals surface area contributed by atoms with Crippen molar-refractivity contribution in [3.63, 3.8) is 0 Å². The van der Waals surface area contributed by atoms with Crippen molar-refractivity contribution >= 4 is 29.4 Å². The van der Waals surface area contributed by atoms with Gasteiger partial charge in [0.05, 0.1) is 12.2 Å². The molecule has 3 N–H and O–H groups in total. The molecule has 7 nitrogen and oxygen atoms in total. The molecule has 2 heterocycles. The Hall–Kier alpha value is -2.48. The molecule has 1 saturated heterocycles. The molecular formula is C18H23N5O2S. The Balaban J connectivity index is 1.60. The summed E-state index contributed by atoms with van der Waals surface area (Å²) >= 11 is 1.91. The molecule has 0 spiro atoms. The van der Waals surface area contributed by atoms with Gasteiger partial charge in [0.1, 0.15) is 11.6 Å². The van der Waals surface area contributed by atoms with Crippen LogP contribution in [0.25, 0.3) is 0 Å². The SMILES string of the molecule is CCOc1ccc(CNC(=O)c2cnc(N3CCSCC3)nc2N)cc1. The molecule has 0 aliphatic carbocycles. The van der Waals surface area contributed by atoms with Gasteiger partial charge < -0.3 is 20.7 Å². The monoisotopic (exact) mass is 373 g/mol. The number of nitrogens with zero attached hydrogens (tertiary/aromatic N) is 3. The van der Waals surface area contributed by atoms with Gasteiger partial charge in [-0.2, -0.15) is 16.7 Å². The molecule has 1 amide bonds. The molecule has 1 aliphatic rings. The molecule has 0 unspecified atom stereocenters. The van der Waals surface area contributed by atoms with Crippen LogP contribution in [0, 0.1) is 0 Å². The van der Waals surface area contributed by atoms with Crippen LogP contribution in [0.1, 0.15) is 22.8 Å². The minimum absolute atomic E-state index is 0.206. The van der Waals surface area contributed by atoms with Crippen molar-refractivity contribution in [1.29, 1.82) is 0 Å². The Kier molecular flexibility index (Phi) is 6.17. The third-order valence-corrected chi connectivity index (χ3v) is 4.97. The van der Waals surface area contributed by atoms with Crippen LogP contribution in [-0.4, -0.2) is 47.1 Å². The van der Waals surface area contributed by atoms with E-state index < -0.39 is 0 Å². The molecule has 3 rings (SSSR count). The highest BCUT2D eigenvalue weighted by atomic mass is 32.2. The van der Waals surface area contributed by atoms with E-state index in [2.05, 4.69) is 20.2 Å². The molecular weight excluding hydrogens is 350 g/mol. The maximum absolute atomic E-state index is 12.4. The zero-order chi connectivity index (χ0) is 18.4. The van der Waals surface area contributed by atoms with Gasteiger partial charge in [0.15, 0.2) is 0 Å². The zero-order valence-corrected chi connectivity index (χ0v) is 15.6. The molecule has 1 fully saturated rings. The number of carbonyl (C=O) groups excluding carboxylic acids is 1. The summed E-state index contributed by atoms with van der Waals surface area (Å²) in [5, 5.41) is 2.85. The first-order chi connectivity index (χ1) is 12.7. The van der Waals surface area contributed by atoms with Gasteiger partial charge in [0.2, 0.25) is 5.95 Å². The molecule has 1 aliphatic heterocycles. The van der Waals surface area contributed by atoms with E-state index in [1.165, 1.54) is 6.20 Å². The van der Waals surface area contributed by atoms with Gasteiger partial charge in [-0.25, -0.2) is 4.98 Å². The molecule has 1 aromatic heterocycles. The van der Waals surface area contributed by atoms with Gasteiger partial charge in [-0.15, -0.1) is 0 Å². The highest BCUT2D eigenvalue weighted by Crippen LogP contribution is 2.18. The maximum Gasteiger partial charge on any atom is 0.256 e. The Morgan fingerprint density at radius 2 is 2.04 bits per heavy atom. The van der Waals surface area contributed by atoms with E-state index in [9.17, 15) is 4.79 Å². The van der Waals surface area contributed by atoms with Gasteiger partial charge in [-0.3, -0.25) is 4.79 Å². The van der Waals surface area contributed by atoms with Crippen LogP contribution in [-0.2, 0) is 6.54 Å². The number of ether oxygens (including phenoxy) is 1. The number of nitrogen functional groups attached to an aromatic ring is 1. The summed E-state index contributed by atoms with van der Waals surface area (Å²) in [6.07, 6.45) is 1.51. The molecule has 8 heteroatoms. The van der Waals surface area contributed by atoms with Gasteiger partial charge in [-0.05, 0) is 24.6 Å². The molecule has 1 aromatic carbocycles. The van der Waals surface area contributed by atoms with Crippen molar-refractivity contribution in [2.75, 3.05) is 41.8 Å². The minimum Gasteiger partial charge on any atom is -0.494 e. The number of nitrogens with one attached hydrogen (secondary N) is 1. The van der Waals surface area contributed by atoms with Gasteiger partial charge in [0.25, 0.3) is 5.91 Å². The van der Waals surface area contributed by atoms with Crippen LogP contribution >= 0.6 is 11.8 Å². The standard InChI is InChI=1S/C18H23N5O2S/c1-2-25-14-5-3-13(4-6-14)11-20-17(24)15-12-21-18(22-16(15)19)23-7-9-26-10-8-23/h3-6,12H,2,7-11H2,1H3,(H,20,24)(H2,19,21,22). The van der Waals surface area contributed by atoms with Crippen molar-refractivity contribution in [2.45, 2.75) is 13.5 Å². The number of hydrogen-bond acceptors (Lipinski definition) is 7. The highest BCUT2D eigenvalue weighted by molar-refractivity contribution is 7.99. The number of benzene rings is 1.